The van der Waals surface area contributed by atoms with E-state index in [9.17, 15) is 4.79 Å². The van der Waals surface area contributed by atoms with Gasteiger partial charge < -0.3 is 19.7 Å². The van der Waals surface area contributed by atoms with Crippen molar-refractivity contribution in [2.75, 3.05) is 32.9 Å². The number of nitrogens with zero attached hydrogens (tertiary/aromatic N) is 1. The Morgan fingerprint density at radius 3 is 2.83 bits per heavy atom. The number of rotatable bonds is 6. The van der Waals surface area contributed by atoms with E-state index in [-0.39, 0.29) is 18.2 Å². The van der Waals surface area contributed by atoms with Gasteiger partial charge in [0.25, 0.3) is 0 Å². The molecule has 2 heterocycles. The minimum atomic E-state index is 0.000370. The largest absolute Gasteiger partial charge is 0.379 e. The highest BCUT2D eigenvalue weighted by Crippen LogP contribution is 2.33. The van der Waals surface area contributed by atoms with Gasteiger partial charge in [-0.2, -0.15) is 0 Å². The molecule has 2 aliphatic heterocycles. The molecule has 0 unspecified atom stereocenters. The summed E-state index contributed by atoms with van der Waals surface area (Å²) in [5, 5.41) is 3.69. The molecule has 3 rings (SSSR count). The fourth-order valence-corrected chi connectivity index (χ4v) is 3.05. The fourth-order valence-electron chi connectivity index (χ4n) is 2.93. The van der Waals surface area contributed by atoms with Gasteiger partial charge in [-0.15, -0.1) is 0 Å². The van der Waals surface area contributed by atoms with Gasteiger partial charge in [0, 0.05) is 31.3 Å². The molecule has 2 saturated heterocycles. The van der Waals surface area contributed by atoms with E-state index >= 15 is 0 Å². The minimum Gasteiger partial charge on any atom is -0.379 e. The summed E-state index contributed by atoms with van der Waals surface area (Å²) in [4.78, 5) is 14.1. The average molecular weight is 339 g/mol. The minimum absolute atomic E-state index is 0.000370. The van der Waals surface area contributed by atoms with Crippen molar-refractivity contribution in [1.82, 2.24) is 10.2 Å². The van der Waals surface area contributed by atoms with Crippen LogP contribution < -0.4 is 5.32 Å². The lowest BCUT2D eigenvalue weighted by atomic mass is 9.95. The van der Waals surface area contributed by atoms with E-state index in [4.69, 9.17) is 21.1 Å². The molecule has 2 atom stereocenters. The molecular weight excluding hydrogens is 316 g/mol. The van der Waals surface area contributed by atoms with Gasteiger partial charge in [-0.3, -0.25) is 0 Å². The number of benzene rings is 1. The van der Waals surface area contributed by atoms with Crippen LogP contribution in [0.15, 0.2) is 24.3 Å². The van der Waals surface area contributed by atoms with E-state index < -0.39 is 0 Å². The highest BCUT2D eigenvalue weighted by molar-refractivity contribution is 6.30. The van der Waals surface area contributed by atoms with E-state index in [1.807, 2.05) is 29.2 Å². The Morgan fingerprint density at radius 1 is 1.35 bits per heavy atom. The highest BCUT2D eigenvalue weighted by atomic mass is 35.5. The number of carbonyl (C=O) groups excluding carboxylic acids is 1. The third-order valence-corrected chi connectivity index (χ3v) is 4.63. The third kappa shape index (κ3) is 4.37. The quantitative estimate of drug-likeness (QED) is 0.811. The number of urea groups is 1. The molecule has 0 saturated carbocycles. The molecule has 0 radical (unpaired) electrons. The molecule has 1 aromatic rings. The molecule has 2 fully saturated rings. The zero-order valence-electron chi connectivity index (χ0n) is 13.2. The molecule has 1 N–H and O–H groups in total. The van der Waals surface area contributed by atoms with Gasteiger partial charge in [0.1, 0.15) is 0 Å². The highest BCUT2D eigenvalue weighted by Gasteiger charge is 2.33. The number of ether oxygens (including phenoxy) is 2. The summed E-state index contributed by atoms with van der Waals surface area (Å²) in [6.07, 6.45) is 3.03. The summed E-state index contributed by atoms with van der Waals surface area (Å²) >= 11 is 5.91. The Morgan fingerprint density at radius 2 is 2.17 bits per heavy atom. The Balaban J connectivity index is 1.35. The van der Waals surface area contributed by atoms with Gasteiger partial charge in [0.2, 0.25) is 0 Å². The zero-order valence-corrected chi connectivity index (χ0v) is 13.9. The number of hydrogen-bond acceptors (Lipinski definition) is 3. The molecule has 0 spiro atoms. The van der Waals surface area contributed by atoms with Crippen molar-refractivity contribution < 1.29 is 14.3 Å². The second-order valence-corrected chi connectivity index (χ2v) is 6.43. The second kappa shape index (κ2) is 7.99. The van der Waals surface area contributed by atoms with Crippen LogP contribution in [0.2, 0.25) is 5.02 Å². The lowest BCUT2D eigenvalue weighted by Crippen LogP contribution is -2.50. The normalized spacial score (nSPS) is 23.6. The molecule has 0 aliphatic carbocycles. The maximum absolute atomic E-state index is 12.2. The first-order chi connectivity index (χ1) is 11.2. The number of amides is 2. The lowest BCUT2D eigenvalue weighted by Gasteiger charge is -2.41. The molecule has 0 bridgehead atoms. The monoisotopic (exact) mass is 338 g/mol. The summed E-state index contributed by atoms with van der Waals surface area (Å²) in [6, 6.07) is 7.89. The van der Waals surface area contributed by atoms with Crippen molar-refractivity contribution in [3.63, 3.8) is 0 Å². The van der Waals surface area contributed by atoms with Crippen LogP contribution in [0.3, 0.4) is 0 Å². The molecule has 0 aromatic heterocycles. The van der Waals surface area contributed by atoms with Crippen molar-refractivity contribution in [1.29, 1.82) is 0 Å². The summed E-state index contributed by atoms with van der Waals surface area (Å²) in [6.45, 7) is 3.59. The topological polar surface area (TPSA) is 50.8 Å². The summed E-state index contributed by atoms with van der Waals surface area (Å²) < 4.78 is 10.9. The van der Waals surface area contributed by atoms with Gasteiger partial charge in [0.15, 0.2) is 0 Å². The fraction of sp³-hybridized carbons (Fsp3) is 0.588. The van der Waals surface area contributed by atoms with E-state index in [1.165, 1.54) is 0 Å². The lowest BCUT2D eigenvalue weighted by molar-refractivity contribution is 0.0414. The first kappa shape index (κ1) is 16.6. The Labute approximate surface area is 141 Å². The number of likely N-dealkylation sites (tertiary alicyclic amines) is 1. The van der Waals surface area contributed by atoms with Gasteiger partial charge in [-0.05, 0) is 37.0 Å². The maximum atomic E-state index is 12.2. The van der Waals surface area contributed by atoms with Crippen LogP contribution >= 0.6 is 11.6 Å². The van der Waals surface area contributed by atoms with Crippen LogP contribution in [-0.2, 0) is 9.47 Å². The Kier molecular flexibility index (Phi) is 5.75. The zero-order chi connectivity index (χ0) is 16.1. The van der Waals surface area contributed by atoms with Gasteiger partial charge >= 0.3 is 6.03 Å². The van der Waals surface area contributed by atoms with E-state index in [0.29, 0.717) is 19.8 Å². The van der Waals surface area contributed by atoms with Gasteiger partial charge in [-0.25, -0.2) is 4.79 Å². The molecule has 1 aromatic carbocycles. The van der Waals surface area contributed by atoms with Crippen molar-refractivity contribution in [3.05, 3.63) is 34.9 Å². The number of halogens is 1. The van der Waals surface area contributed by atoms with E-state index in [1.54, 1.807) is 0 Å². The number of nitrogens with one attached hydrogen (secondary N) is 1. The van der Waals surface area contributed by atoms with Crippen LogP contribution in [0.5, 0.6) is 0 Å². The maximum Gasteiger partial charge on any atom is 0.317 e. The van der Waals surface area contributed by atoms with Crippen molar-refractivity contribution in [2.24, 2.45) is 0 Å². The predicted molar refractivity (Wildman–Crippen MR) is 88.7 cm³/mol. The van der Waals surface area contributed by atoms with Crippen LogP contribution in [0, 0.1) is 0 Å². The predicted octanol–water partition coefficient (Wildman–Crippen LogP) is 2.99. The summed E-state index contributed by atoms with van der Waals surface area (Å²) in [5.41, 5.74) is 1.14. The van der Waals surface area contributed by atoms with E-state index in [2.05, 4.69) is 5.32 Å². The van der Waals surface area contributed by atoms with Crippen molar-refractivity contribution in [2.45, 2.75) is 31.4 Å². The molecule has 6 heteroatoms. The van der Waals surface area contributed by atoms with Crippen LogP contribution in [-0.4, -0.2) is 49.9 Å². The first-order valence-electron chi connectivity index (χ1n) is 8.23. The molecular formula is C17H23ClN2O3. The van der Waals surface area contributed by atoms with Crippen molar-refractivity contribution >= 4 is 17.6 Å². The Bertz CT molecular complexity index is 517. The smallest absolute Gasteiger partial charge is 0.317 e. The van der Waals surface area contributed by atoms with Crippen molar-refractivity contribution in [3.8, 4) is 0 Å². The number of hydrogen-bond donors (Lipinski definition) is 1. The Hall–Kier alpha value is -1.30. The third-order valence-electron chi connectivity index (χ3n) is 4.37. The molecule has 23 heavy (non-hydrogen) atoms. The second-order valence-electron chi connectivity index (χ2n) is 5.99. The van der Waals surface area contributed by atoms with Crippen LogP contribution in [0.1, 0.15) is 30.9 Å². The molecule has 5 nitrogen and oxygen atoms in total. The first-order valence-corrected chi connectivity index (χ1v) is 8.61. The van der Waals surface area contributed by atoms with Crippen LogP contribution in [0.25, 0.3) is 0 Å². The molecule has 2 aliphatic rings. The standard InChI is InChI=1S/C17H23ClN2O3/c18-14-4-2-13(3-5-14)16-6-9-20(16)17(21)19-8-1-10-23-15-7-11-22-12-15/h2-5,15-16H,1,6-12H2,(H,19,21)/t15-,16-/m0/s1. The average Bonchev–Trinajstić information content (AvgIpc) is 3.01. The van der Waals surface area contributed by atoms with Crippen LogP contribution in [0.4, 0.5) is 4.79 Å². The van der Waals surface area contributed by atoms with Gasteiger partial charge in [0.05, 0.1) is 18.8 Å². The summed E-state index contributed by atoms with van der Waals surface area (Å²) in [7, 11) is 0. The SMILES string of the molecule is O=C(NCCCO[C@H]1CCOC1)N1CC[C@H]1c1ccc(Cl)cc1. The van der Waals surface area contributed by atoms with E-state index in [0.717, 1.165) is 43.0 Å². The summed E-state index contributed by atoms with van der Waals surface area (Å²) in [5.74, 6) is 0. The molecule has 2 amide bonds. The number of carbonyl (C=O) groups is 1. The van der Waals surface area contributed by atoms with Gasteiger partial charge in [-0.1, -0.05) is 23.7 Å². The molecule has 126 valence electrons.